The van der Waals surface area contributed by atoms with Gasteiger partial charge in [-0.3, -0.25) is 5.41 Å². The molecule has 0 bridgehead atoms. The van der Waals surface area contributed by atoms with Crippen LogP contribution in [0.15, 0.2) is 42.5 Å². The summed E-state index contributed by atoms with van der Waals surface area (Å²) in [5.74, 6) is -0.231. The van der Waals surface area contributed by atoms with Gasteiger partial charge in [-0.25, -0.2) is 0 Å². The van der Waals surface area contributed by atoms with Crippen LogP contribution in [0.3, 0.4) is 0 Å². The number of aliphatic hydroxyl groups excluding tert-OH is 1. The molecule has 3 nitrogen and oxygen atoms in total. The molecule has 1 atom stereocenters. The van der Waals surface area contributed by atoms with Crippen LogP contribution in [0.4, 0.5) is 0 Å². The normalized spacial score (nSPS) is 12.6. The fourth-order valence-corrected chi connectivity index (χ4v) is 1.56. The van der Waals surface area contributed by atoms with Crippen LogP contribution in [0.5, 0.6) is 0 Å². The average Bonchev–Trinajstić information content (AvgIpc) is 2.27. The molecule has 0 spiro atoms. The predicted molar refractivity (Wildman–Crippen MR) is 60.8 cm³/mol. The monoisotopic (exact) mass is 200 g/mol. The number of benzene rings is 2. The maximum atomic E-state index is 9.61. The number of aliphatic hydroxyl groups is 1. The highest BCUT2D eigenvalue weighted by atomic mass is 16.3. The SMILES string of the molecule is N=C(N)C(O)c1ccc2ccccc2c1. The molecule has 15 heavy (non-hydrogen) atoms. The van der Waals surface area contributed by atoms with Crippen molar-refractivity contribution in [3.05, 3.63) is 48.0 Å². The summed E-state index contributed by atoms with van der Waals surface area (Å²) in [7, 11) is 0. The van der Waals surface area contributed by atoms with Gasteiger partial charge in [0.15, 0.2) is 0 Å². The lowest BCUT2D eigenvalue weighted by Gasteiger charge is -2.09. The molecule has 2 rings (SSSR count). The topological polar surface area (TPSA) is 70.1 Å². The number of amidine groups is 1. The number of fused-ring (bicyclic) bond motifs is 1. The van der Waals surface area contributed by atoms with Crippen LogP contribution in [0.25, 0.3) is 10.8 Å². The Hall–Kier alpha value is -1.87. The molecular formula is C12H12N2O. The summed E-state index contributed by atoms with van der Waals surface area (Å²) < 4.78 is 0. The van der Waals surface area contributed by atoms with Gasteiger partial charge in [-0.2, -0.15) is 0 Å². The fraction of sp³-hybridized carbons (Fsp3) is 0.0833. The van der Waals surface area contributed by atoms with Gasteiger partial charge in [-0.05, 0) is 22.4 Å². The average molecular weight is 200 g/mol. The van der Waals surface area contributed by atoms with Crippen molar-refractivity contribution < 1.29 is 5.11 Å². The molecule has 0 aliphatic rings. The van der Waals surface area contributed by atoms with E-state index in [4.69, 9.17) is 11.1 Å². The van der Waals surface area contributed by atoms with E-state index in [2.05, 4.69) is 0 Å². The van der Waals surface area contributed by atoms with E-state index in [1.807, 2.05) is 36.4 Å². The van der Waals surface area contributed by atoms with Crippen LogP contribution in [-0.2, 0) is 0 Å². The van der Waals surface area contributed by atoms with Crippen molar-refractivity contribution in [3.63, 3.8) is 0 Å². The van der Waals surface area contributed by atoms with Crippen molar-refractivity contribution in [2.45, 2.75) is 6.10 Å². The molecule has 0 aromatic heterocycles. The minimum absolute atomic E-state index is 0.231. The highest BCUT2D eigenvalue weighted by molar-refractivity contribution is 5.87. The lowest BCUT2D eigenvalue weighted by molar-refractivity contribution is 0.245. The van der Waals surface area contributed by atoms with Crippen LogP contribution in [0, 0.1) is 5.41 Å². The van der Waals surface area contributed by atoms with Gasteiger partial charge in [-0.15, -0.1) is 0 Å². The summed E-state index contributed by atoms with van der Waals surface area (Å²) in [4.78, 5) is 0. The Morgan fingerprint density at radius 1 is 1.13 bits per heavy atom. The number of rotatable bonds is 2. The molecule has 3 heteroatoms. The van der Waals surface area contributed by atoms with Gasteiger partial charge in [0.2, 0.25) is 0 Å². The third-order valence-electron chi connectivity index (χ3n) is 2.38. The van der Waals surface area contributed by atoms with Gasteiger partial charge in [-0.1, -0.05) is 36.4 Å². The number of nitrogens with two attached hydrogens (primary N) is 1. The van der Waals surface area contributed by atoms with E-state index in [0.29, 0.717) is 5.56 Å². The molecule has 0 amide bonds. The number of nitrogens with one attached hydrogen (secondary N) is 1. The third kappa shape index (κ3) is 1.82. The van der Waals surface area contributed by atoms with E-state index in [-0.39, 0.29) is 5.84 Å². The quantitative estimate of drug-likeness (QED) is 0.511. The summed E-state index contributed by atoms with van der Waals surface area (Å²) in [5, 5.41) is 18.9. The van der Waals surface area contributed by atoms with Crippen molar-refractivity contribution in [2.24, 2.45) is 5.73 Å². The van der Waals surface area contributed by atoms with E-state index >= 15 is 0 Å². The first-order chi connectivity index (χ1) is 7.18. The van der Waals surface area contributed by atoms with E-state index in [0.717, 1.165) is 10.8 Å². The molecule has 0 heterocycles. The lowest BCUT2D eigenvalue weighted by Crippen LogP contribution is -2.19. The van der Waals surface area contributed by atoms with E-state index < -0.39 is 6.10 Å². The Kier molecular flexibility index (Phi) is 2.39. The molecule has 0 saturated heterocycles. The zero-order valence-corrected chi connectivity index (χ0v) is 8.14. The van der Waals surface area contributed by atoms with E-state index in [1.54, 1.807) is 6.07 Å². The Labute approximate surface area is 87.7 Å². The fourth-order valence-electron chi connectivity index (χ4n) is 1.56. The highest BCUT2D eigenvalue weighted by Crippen LogP contribution is 2.20. The van der Waals surface area contributed by atoms with Crippen LogP contribution in [-0.4, -0.2) is 10.9 Å². The first kappa shape index (κ1) is 9.68. The van der Waals surface area contributed by atoms with Gasteiger partial charge in [0, 0.05) is 0 Å². The third-order valence-corrected chi connectivity index (χ3v) is 2.38. The summed E-state index contributed by atoms with van der Waals surface area (Å²) in [6.45, 7) is 0. The summed E-state index contributed by atoms with van der Waals surface area (Å²) in [6.07, 6.45) is -1.00. The smallest absolute Gasteiger partial charge is 0.135 e. The second-order valence-electron chi connectivity index (χ2n) is 3.46. The Morgan fingerprint density at radius 3 is 2.47 bits per heavy atom. The Balaban J connectivity index is 2.51. The van der Waals surface area contributed by atoms with Crippen molar-refractivity contribution in [3.8, 4) is 0 Å². The van der Waals surface area contributed by atoms with Gasteiger partial charge in [0.25, 0.3) is 0 Å². The predicted octanol–water partition coefficient (Wildman–Crippen LogP) is 1.81. The maximum Gasteiger partial charge on any atom is 0.135 e. The van der Waals surface area contributed by atoms with Crippen LogP contribution >= 0.6 is 0 Å². The molecular weight excluding hydrogens is 188 g/mol. The molecule has 4 N–H and O–H groups in total. The molecule has 2 aromatic rings. The molecule has 1 unspecified atom stereocenters. The molecule has 76 valence electrons. The second kappa shape index (κ2) is 3.71. The van der Waals surface area contributed by atoms with Crippen molar-refractivity contribution in [1.29, 1.82) is 5.41 Å². The molecule has 0 aliphatic heterocycles. The van der Waals surface area contributed by atoms with Crippen molar-refractivity contribution in [2.75, 3.05) is 0 Å². The van der Waals surface area contributed by atoms with Crippen LogP contribution in [0.2, 0.25) is 0 Å². The summed E-state index contributed by atoms with van der Waals surface area (Å²) in [5.41, 5.74) is 5.90. The molecule has 0 saturated carbocycles. The van der Waals surface area contributed by atoms with E-state index in [9.17, 15) is 5.11 Å². The summed E-state index contributed by atoms with van der Waals surface area (Å²) >= 11 is 0. The van der Waals surface area contributed by atoms with Gasteiger partial charge >= 0.3 is 0 Å². The van der Waals surface area contributed by atoms with Crippen LogP contribution in [0.1, 0.15) is 11.7 Å². The molecule has 0 fully saturated rings. The van der Waals surface area contributed by atoms with E-state index in [1.165, 1.54) is 0 Å². The minimum atomic E-state index is -1.00. The van der Waals surface area contributed by atoms with Crippen molar-refractivity contribution >= 4 is 16.6 Å². The molecule has 0 aliphatic carbocycles. The summed E-state index contributed by atoms with van der Waals surface area (Å²) in [6, 6.07) is 13.4. The first-order valence-electron chi connectivity index (χ1n) is 4.69. The standard InChI is InChI=1S/C12H12N2O/c13-12(14)11(15)10-6-5-8-3-1-2-4-9(8)7-10/h1-7,11,15H,(H3,13,14). The Bertz CT molecular complexity index is 508. The largest absolute Gasteiger partial charge is 0.385 e. The van der Waals surface area contributed by atoms with Gasteiger partial charge < -0.3 is 10.8 Å². The zero-order chi connectivity index (χ0) is 10.8. The first-order valence-corrected chi connectivity index (χ1v) is 4.69. The minimum Gasteiger partial charge on any atom is -0.385 e. The molecule has 0 radical (unpaired) electrons. The Morgan fingerprint density at radius 2 is 1.80 bits per heavy atom. The van der Waals surface area contributed by atoms with Gasteiger partial charge in [0.05, 0.1) is 0 Å². The highest BCUT2D eigenvalue weighted by Gasteiger charge is 2.10. The van der Waals surface area contributed by atoms with Gasteiger partial charge in [0.1, 0.15) is 11.9 Å². The zero-order valence-electron chi connectivity index (χ0n) is 8.14. The lowest BCUT2D eigenvalue weighted by atomic mass is 10.0. The number of hydrogen-bond donors (Lipinski definition) is 3. The number of hydrogen-bond acceptors (Lipinski definition) is 2. The molecule has 2 aromatic carbocycles. The maximum absolute atomic E-state index is 9.61. The van der Waals surface area contributed by atoms with Crippen LogP contribution < -0.4 is 5.73 Å². The second-order valence-corrected chi connectivity index (χ2v) is 3.46. The van der Waals surface area contributed by atoms with Crippen molar-refractivity contribution in [1.82, 2.24) is 0 Å².